The molecule has 108 valence electrons. The van der Waals surface area contributed by atoms with Crippen LogP contribution in [0.2, 0.25) is 0 Å². The van der Waals surface area contributed by atoms with E-state index in [2.05, 4.69) is 5.32 Å². The minimum absolute atomic E-state index is 0.560. The summed E-state index contributed by atoms with van der Waals surface area (Å²) in [6.07, 6.45) is 1.27. The van der Waals surface area contributed by atoms with Crippen molar-refractivity contribution in [1.29, 1.82) is 0 Å². The number of hydrogen-bond acceptors (Lipinski definition) is 5. The third-order valence-electron chi connectivity index (χ3n) is 4.61. The van der Waals surface area contributed by atoms with Crippen molar-refractivity contribution in [2.24, 2.45) is 28.7 Å². The van der Waals surface area contributed by atoms with Gasteiger partial charge in [-0.15, -0.1) is 0 Å². The summed E-state index contributed by atoms with van der Waals surface area (Å²) in [6, 6.07) is 0. The second-order valence-electron chi connectivity index (χ2n) is 5.61. The number of carbonyl (C=O) groups excluding carboxylic acids is 2. The molecule has 2 amide bonds. The van der Waals surface area contributed by atoms with Crippen molar-refractivity contribution in [3.63, 3.8) is 0 Å². The van der Waals surface area contributed by atoms with Gasteiger partial charge in [-0.2, -0.15) is 0 Å². The van der Waals surface area contributed by atoms with E-state index in [1.54, 1.807) is 0 Å². The van der Waals surface area contributed by atoms with E-state index in [1.165, 1.54) is 0 Å². The van der Waals surface area contributed by atoms with Gasteiger partial charge in [-0.1, -0.05) is 19.3 Å². The Morgan fingerprint density at radius 1 is 0.947 bits per heavy atom. The van der Waals surface area contributed by atoms with Crippen LogP contribution in [0.5, 0.6) is 0 Å². The predicted molar refractivity (Wildman–Crippen MR) is 66.0 cm³/mol. The zero-order valence-corrected chi connectivity index (χ0v) is 10.7. The molecular weight excluding hydrogens is 250 g/mol. The Morgan fingerprint density at radius 3 is 1.74 bits per heavy atom. The maximum atomic E-state index is 11.7. The van der Waals surface area contributed by atoms with Crippen LogP contribution in [0, 0.1) is 17.3 Å². The van der Waals surface area contributed by atoms with E-state index in [1.807, 2.05) is 0 Å². The van der Waals surface area contributed by atoms with Crippen LogP contribution in [0.3, 0.4) is 0 Å². The molecule has 7 nitrogen and oxygen atoms in total. The Labute approximate surface area is 111 Å². The van der Waals surface area contributed by atoms with Crippen LogP contribution in [0.4, 0.5) is 0 Å². The first-order valence-electron chi connectivity index (χ1n) is 6.61. The molecule has 1 spiro atoms. The number of primary amides is 2. The Kier molecular flexibility index (Phi) is 3.80. The molecule has 0 aromatic carbocycles. The monoisotopic (exact) mass is 271 g/mol. The lowest BCUT2D eigenvalue weighted by molar-refractivity contribution is -0.179. The van der Waals surface area contributed by atoms with E-state index in [0.717, 1.165) is 19.3 Å². The molecule has 0 aromatic rings. The first kappa shape index (κ1) is 14.2. The van der Waals surface area contributed by atoms with E-state index in [9.17, 15) is 19.8 Å². The number of nitrogens with two attached hydrogens (primary N) is 2. The third kappa shape index (κ3) is 2.22. The standard InChI is InChI=1S/C12H21N3O4/c13-8(16)6-10(18)15-11(19)7(9(14)17)12(6)4-2-1-3-5-12/h6-7,10-11,15,18-19H,1-5H2,(H2,13,16)(H2,14,17). The predicted octanol–water partition coefficient (Wildman–Crippen LogP) is -1.62. The lowest BCUT2D eigenvalue weighted by atomic mass is 9.56. The molecule has 7 N–H and O–H groups in total. The van der Waals surface area contributed by atoms with Crippen molar-refractivity contribution in [2.45, 2.75) is 44.6 Å². The fourth-order valence-corrected chi connectivity index (χ4v) is 3.90. The van der Waals surface area contributed by atoms with Gasteiger partial charge < -0.3 is 21.7 Å². The lowest BCUT2D eigenvalue weighted by Gasteiger charge is -2.53. The van der Waals surface area contributed by atoms with E-state index in [0.29, 0.717) is 12.8 Å². The number of aliphatic hydroxyl groups is 2. The summed E-state index contributed by atoms with van der Waals surface area (Å²) < 4.78 is 0. The molecule has 2 fully saturated rings. The first-order chi connectivity index (χ1) is 8.90. The average molecular weight is 271 g/mol. The highest BCUT2D eigenvalue weighted by Crippen LogP contribution is 2.52. The summed E-state index contributed by atoms with van der Waals surface area (Å²) >= 11 is 0. The summed E-state index contributed by atoms with van der Waals surface area (Å²) in [5.41, 5.74) is 9.96. The summed E-state index contributed by atoms with van der Waals surface area (Å²) in [5, 5.41) is 22.4. The summed E-state index contributed by atoms with van der Waals surface area (Å²) in [5.74, 6) is -3.15. The molecule has 2 aliphatic rings. The van der Waals surface area contributed by atoms with Gasteiger partial charge in [-0.3, -0.25) is 14.9 Å². The average Bonchev–Trinajstić information content (AvgIpc) is 2.27. The molecule has 1 saturated carbocycles. The highest BCUT2D eigenvalue weighted by Gasteiger charge is 2.58. The van der Waals surface area contributed by atoms with Gasteiger partial charge in [0, 0.05) is 5.41 Å². The third-order valence-corrected chi connectivity index (χ3v) is 4.61. The minimum Gasteiger partial charge on any atom is -0.378 e. The second-order valence-corrected chi connectivity index (χ2v) is 5.61. The first-order valence-corrected chi connectivity index (χ1v) is 6.61. The van der Waals surface area contributed by atoms with Gasteiger partial charge in [-0.25, -0.2) is 0 Å². The van der Waals surface area contributed by atoms with Gasteiger partial charge in [0.2, 0.25) is 11.8 Å². The molecule has 7 heteroatoms. The fourth-order valence-electron chi connectivity index (χ4n) is 3.90. The van der Waals surface area contributed by atoms with Crippen LogP contribution < -0.4 is 16.8 Å². The van der Waals surface area contributed by atoms with E-state index >= 15 is 0 Å². The number of piperidine rings is 1. The SMILES string of the molecule is NC(=O)C1C(O)NC(O)C(C(N)=O)C12CCCCC2. The van der Waals surface area contributed by atoms with Gasteiger partial charge in [-0.05, 0) is 12.8 Å². The van der Waals surface area contributed by atoms with Crippen LogP contribution in [-0.2, 0) is 9.59 Å². The molecule has 2 rings (SSSR count). The topological polar surface area (TPSA) is 139 Å². The smallest absolute Gasteiger partial charge is 0.225 e. The molecular formula is C12H21N3O4. The quantitative estimate of drug-likeness (QED) is 0.411. The maximum Gasteiger partial charge on any atom is 0.225 e. The molecule has 0 bridgehead atoms. The molecule has 19 heavy (non-hydrogen) atoms. The molecule has 0 radical (unpaired) electrons. The van der Waals surface area contributed by atoms with Gasteiger partial charge in [0.1, 0.15) is 12.5 Å². The molecule has 0 aromatic heterocycles. The van der Waals surface area contributed by atoms with Crippen LogP contribution in [-0.4, -0.2) is 34.5 Å². The Balaban J connectivity index is 2.46. The number of aliphatic hydroxyl groups excluding tert-OH is 2. The molecule has 4 unspecified atom stereocenters. The maximum absolute atomic E-state index is 11.7. The number of hydrogen-bond donors (Lipinski definition) is 5. The van der Waals surface area contributed by atoms with Crippen molar-refractivity contribution < 1.29 is 19.8 Å². The number of amides is 2. The summed E-state index contributed by atoms with van der Waals surface area (Å²) in [7, 11) is 0. The van der Waals surface area contributed by atoms with Crippen LogP contribution in [0.15, 0.2) is 0 Å². The zero-order chi connectivity index (χ0) is 14.2. The van der Waals surface area contributed by atoms with Gasteiger partial charge >= 0.3 is 0 Å². The number of rotatable bonds is 2. The number of nitrogens with one attached hydrogen (secondary N) is 1. The summed E-state index contributed by atoms with van der Waals surface area (Å²) in [6.45, 7) is 0. The fraction of sp³-hybridized carbons (Fsp3) is 0.833. The molecule has 1 aliphatic carbocycles. The zero-order valence-electron chi connectivity index (χ0n) is 10.7. The number of carbonyl (C=O) groups is 2. The highest BCUT2D eigenvalue weighted by atomic mass is 16.3. The van der Waals surface area contributed by atoms with Crippen molar-refractivity contribution in [3.8, 4) is 0 Å². The van der Waals surface area contributed by atoms with Gasteiger partial charge in [0.15, 0.2) is 0 Å². The van der Waals surface area contributed by atoms with Crippen LogP contribution in [0.25, 0.3) is 0 Å². The van der Waals surface area contributed by atoms with Crippen LogP contribution in [0.1, 0.15) is 32.1 Å². The minimum atomic E-state index is -1.25. The molecule has 1 aliphatic heterocycles. The molecule has 1 heterocycles. The van der Waals surface area contributed by atoms with E-state index in [4.69, 9.17) is 11.5 Å². The Bertz CT molecular complexity index is 353. The Morgan fingerprint density at radius 2 is 1.37 bits per heavy atom. The highest BCUT2D eigenvalue weighted by molar-refractivity contribution is 5.83. The van der Waals surface area contributed by atoms with Crippen molar-refractivity contribution in [3.05, 3.63) is 0 Å². The van der Waals surface area contributed by atoms with Gasteiger partial charge in [0.05, 0.1) is 11.8 Å². The van der Waals surface area contributed by atoms with Crippen molar-refractivity contribution >= 4 is 11.8 Å². The molecule has 1 saturated heterocycles. The summed E-state index contributed by atoms with van der Waals surface area (Å²) in [4.78, 5) is 23.4. The lowest BCUT2D eigenvalue weighted by Crippen LogP contribution is -2.68. The largest absolute Gasteiger partial charge is 0.378 e. The van der Waals surface area contributed by atoms with E-state index in [-0.39, 0.29) is 0 Å². The Hall–Kier alpha value is -1.18. The van der Waals surface area contributed by atoms with Crippen molar-refractivity contribution in [2.75, 3.05) is 0 Å². The molecule has 4 atom stereocenters. The van der Waals surface area contributed by atoms with Crippen molar-refractivity contribution in [1.82, 2.24) is 5.32 Å². The second kappa shape index (κ2) is 5.07. The normalized spacial score (nSPS) is 38.0. The van der Waals surface area contributed by atoms with Crippen LogP contribution >= 0.6 is 0 Å². The van der Waals surface area contributed by atoms with E-state index < -0.39 is 41.5 Å². The van der Waals surface area contributed by atoms with Gasteiger partial charge in [0.25, 0.3) is 0 Å².